The molecule has 0 amide bonds. The number of carbonyl (C=O) groups is 2. The van der Waals surface area contributed by atoms with Crippen molar-refractivity contribution < 1.29 is 24.5 Å². The molecule has 0 bridgehead atoms. The van der Waals surface area contributed by atoms with Crippen LogP contribution in [0.5, 0.6) is 5.75 Å². The number of aromatic carboxylic acids is 1. The molecule has 0 aliphatic rings. The standard InChI is InChI=1S/C17H14O5/c1-22-13-8-7-12(15(10-13)17(20)21)9-14(16(18)19)11-5-3-2-4-6-11/h2-10H,1H3,(H,18,19)(H,20,21)/b14-9-. The van der Waals surface area contributed by atoms with Gasteiger partial charge in [-0.15, -0.1) is 0 Å². The van der Waals surface area contributed by atoms with Crippen LogP contribution in [-0.4, -0.2) is 29.3 Å². The highest BCUT2D eigenvalue weighted by atomic mass is 16.5. The Morgan fingerprint density at radius 3 is 2.27 bits per heavy atom. The third-order valence-electron chi connectivity index (χ3n) is 3.11. The van der Waals surface area contributed by atoms with Crippen molar-refractivity contribution in [3.8, 4) is 5.75 Å². The van der Waals surface area contributed by atoms with Crippen LogP contribution < -0.4 is 4.74 Å². The van der Waals surface area contributed by atoms with E-state index in [1.54, 1.807) is 36.4 Å². The van der Waals surface area contributed by atoms with E-state index in [0.29, 0.717) is 16.9 Å². The molecule has 2 aromatic carbocycles. The van der Waals surface area contributed by atoms with E-state index in [1.807, 2.05) is 0 Å². The quantitative estimate of drug-likeness (QED) is 0.655. The number of benzene rings is 2. The van der Waals surface area contributed by atoms with Gasteiger partial charge in [0.25, 0.3) is 0 Å². The highest BCUT2D eigenvalue weighted by Crippen LogP contribution is 2.24. The molecule has 0 saturated heterocycles. The van der Waals surface area contributed by atoms with Crippen molar-refractivity contribution in [1.82, 2.24) is 0 Å². The molecule has 2 N–H and O–H groups in total. The lowest BCUT2D eigenvalue weighted by Gasteiger charge is -2.07. The van der Waals surface area contributed by atoms with Gasteiger partial charge in [0, 0.05) is 0 Å². The first-order valence-corrected chi connectivity index (χ1v) is 6.44. The number of hydrogen-bond acceptors (Lipinski definition) is 3. The Morgan fingerprint density at radius 2 is 1.73 bits per heavy atom. The zero-order chi connectivity index (χ0) is 16.1. The third-order valence-corrected chi connectivity index (χ3v) is 3.11. The van der Waals surface area contributed by atoms with Gasteiger partial charge in [-0.2, -0.15) is 0 Å². The maximum absolute atomic E-state index is 11.5. The van der Waals surface area contributed by atoms with E-state index >= 15 is 0 Å². The summed E-state index contributed by atoms with van der Waals surface area (Å²) in [6.07, 6.45) is 1.35. The molecule has 0 aromatic heterocycles. The molecule has 5 nitrogen and oxygen atoms in total. The third kappa shape index (κ3) is 3.32. The van der Waals surface area contributed by atoms with Crippen molar-refractivity contribution >= 4 is 23.6 Å². The summed E-state index contributed by atoms with van der Waals surface area (Å²) >= 11 is 0. The second-order valence-electron chi connectivity index (χ2n) is 4.49. The molecule has 0 saturated carbocycles. The van der Waals surface area contributed by atoms with Gasteiger partial charge in [0.15, 0.2) is 0 Å². The Hall–Kier alpha value is -3.08. The summed E-state index contributed by atoms with van der Waals surface area (Å²) < 4.78 is 5.00. The maximum atomic E-state index is 11.5. The van der Waals surface area contributed by atoms with E-state index in [0.717, 1.165) is 0 Å². The SMILES string of the molecule is COc1ccc(/C=C(\C(=O)O)c2ccccc2)c(C(=O)O)c1. The Balaban J connectivity index is 2.58. The van der Waals surface area contributed by atoms with Crippen molar-refractivity contribution in [3.63, 3.8) is 0 Å². The highest BCUT2D eigenvalue weighted by molar-refractivity contribution is 6.21. The molecular formula is C17H14O5. The molecule has 0 aliphatic heterocycles. The number of rotatable bonds is 5. The Bertz CT molecular complexity index is 732. The molecule has 0 unspecified atom stereocenters. The lowest BCUT2D eigenvalue weighted by atomic mass is 10.00. The van der Waals surface area contributed by atoms with Crippen LogP contribution in [0.2, 0.25) is 0 Å². The Labute approximate surface area is 127 Å². The van der Waals surface area contributed by atoms with Crippen molar-refractivity contribution in [2.24, 2.45) is 0 Å². The average molecular weight is 298 g/mol. The molecule has 112 valence electrons. The zero-order valence-electron chi connectivity index (χ0n) is 11.8. The van der Waals surface area contributed by atoms with Gasteiger partial charge < -0.3 is 14.9 Å². The van der Waals surface area contributed by atoms with Gasteiger partial charge in [0.1, 0.15) is 5.75 Å². The number of carboxylic acids is 2. The fraction of sp³-hybridized carbons (Fsp3) is 0.0588. The molecule has 5 heteroatoms. The molecule has 0 atom stereocenters. The van der Waals surface area contributed by atoms with Crippen LogP contribution in [0.4, 0.5) is 0 Å². The lowest BCUT2D eigenvalue weighted by molar-refractivity contribution is -0.130. The first kappa shape index (κ1) is 15.3. The summed E-state index contributed by atoms with van der Waals surface area (Å²) in [5, 5.41) is 18.7. The molecule has 2 rings (SSSR count). The molecule has 0 fully saturated rings. The van der Waals surface area contributed by atoms with Gasteiger partial charge in [-0.3, -0.25) is 0 Å². The van der Waals surface area contributed by atoms with Gasteiger partial charge in [0.2, 0.25) is 0 Å². The predicted molar refractivity (Wildman–Crippen MR) is 81.9 cm³/mol. The molecule has 22 heavy (non-hydrogen) atoms. The van der Waals surface area contributed by atoms with E-state index in [2.05, 4.69) is 0 Å². The number of aliphatic carboxylic acids is 1. The summed E-state index contributed by atoms with van der Waals surface area (Å²) in [5.74, 6) is -1.88. The van der Waals surface area contributed by atoms with Crippen LogP contribution in [0.25, 0.3) is 11.6 Å². The molecule has 0 radical (unpaired) electrons. The number of ether oxygens (including phenoxy) is 1. The minimum absolute atomic E-state index is 0.0194. The summed E-state index contributed by atoms with van der Waals surface area (Å²) in [4.78, 5) is 22.8. The van der Waals surface area contributed by atoms with E-state index in [1.165, 1.54) is 25.3 Å². The summed E-state index contributed by atoms with van der Waals surface area (Å²) in [6, 6.07) is 13.0. The normalized spacial score (nSPS) is 11.0. The van der Waals surface area contributed by atoms with Crippen LogP contribution in [0, 0.1) is 0 Å². The lowest BCUT2D eigenvalue weighted by Crippen LogP contribution is -2.03. The number of methoxy groups -OCH3 is 1. The predicted octanol–water partition coefficient (Wildman–Crippen LogP) is 3.02. The van der Waals surface area contributed by atoms with Gasteiger partial charge >= 0.3 is 11.9 Å². The van der Waals surface area contributed by atoms with Gasteiger partial charge in [-0.1, -0.05) is 36.4 Å². The average Bonchev–Trinajstić information content (AvgIpc) is 2.53. The van der Waals surface area contributed by atoms with Gasteiger partial charge in [-0.05, 0) is 29.3 Å². The minimum Gasteiger partial charge on any atom is -0.497 e. The smallest absolute Gasteiger partial charge is 0.336 e. The number of hydrogen-bond donors (Lipinski definition) is 2. The fourth-order valence-corrected chi connectivity index (χ4v) is 2.02. The number of carboxylic acid groups (broad SMARTS) is 2. The van der Waals surface area contributed by atoms with E-state index in [9.17, 15) is 19.8 Å². The van der Waals surface area contributed by atoms with Crippen LogP contribution in [-0.2, 0) is 4.79 Å². The van der Waals surface area contributed by atoms with E-state index in [4.69, 9.17) is 4.74 Å². The van der Waals surface area contributed by atoms with Crippen LogP contribution >= 0.6 is 0 Å². The van der Waals surface area contributed by atoms with Crippen molar-refractivity contribution in [2.45, 2.75) is 0 Å². The first-order chi connectivity index (χ1) is 10.5. The van der Waals surface area contributed by atoms with E-state index in [-0.39, 0.29) is 11.1 Å². The van der Waals surface area contributed by atoms with Crippen LogP contribution in [0.1, 0.15) is 21.5 Å². The van der Waals surface area contributed by atoms with Crippen LogP contribution in [0.15, 0.2) is 48.5 Å². The summed E-state index contributed by atoms with van der Waals surface area (Å²) in [5.41, 5.74) is 0.805. The molecule has 0 heterocycles. The Morgan fingerprint density at radius 1 is 1.05 bits per heavy atom. The van der Waals surface area contributed by atoms with Gasteiger partial charge in [0.05, 0.1) is 18.2 Å². The second kappa shape index (κ2) is 6.58. The summed E-state index contributed by atoms with van der Waals surface area (Å²) in [6.45, 7) is 0. The van der Waals surface area contributed by atoms with Crippen molar-refractivity contribution in [1.29, 1.82) is 0 Å². The molecule has 0 spiro atoms. The van der Waals surface area contributed by atoms with Gasteiger partial charge in [-0.25, -0.2) is 9.59 Å². The molecule has 2 aromatic rings. The van der Waals surface area contributed by atoms with Crippen LogP contribution in [0.3, 0.4) is 0 Å². The Kier molecular flexibility index (Phi) is 4.58. The first-order valence-electron chi connectivity index (χ1n) is 6.44. The largest absolute Gasteiger partial charge is 0.497 e. The molecular weight excluding hydrogens is 284 g/mol. The second-order valence-corrected chi connectivity index (χ2v) is 4.49. The van der Waals surface area contributed by atoms with Crippen molar-refractivity contribution in [3.05, 3.63) is 65.2 Å². The van der Waals surface area contributed by atoms with Crippen molar-refractivity contribution in [2.75, 3.05) is 7.11 Å². The minimum atomic E-state index is -1.15. The fourth-order valence-electron chi connectivity index (χ4n) is 2.02. The molecule has 0 aliphatic carbocycles. The topological polar surface area (TPSA) is 83.8 Å². The maximum Gasteiger partial charge on any atom is 0.336 e. The zero-order valence-corrected chi connectivity index (χ0v) is 11.8. The summed E-state index contributed by atoms with van der Waals surface area (Å²) in [7, 11) is 1.43. The monoisotopic (exact) mass is 298 g/mol. The van der Waals surface area contributed by atoms with E-state index < -0.39 is 11.9 Å². The highest BCUT2D eigenvalue weighted by Gasteiger charge is 2.14.